The number of para-hydroxylation sites is 1. The monoisotopic (exact) mass is 284 g/mol. The first-order valence-corrected chi connectivity index (χ1v) is 7.49. The van der Waals surface area contributed by atoms with E-state index in [0.717, 1.165) is 32.7 Å². The Labute approximate surface area is 122 Å². The zero-order chi connectivity index (χ0) is 14.1. The lowest BCUT2D eigenvalue weighted by Gasteiger charge is -2.09. The van der Waals surface area contributed by atoms with E-state index >= 15 is 0 Å². The van der Waals surface area contributed by atoms with Gasteiger partial charge in [0, 0.05) is 12.0 Å². The maximum atomic E-state index is 9.21. The predicted octanol–water partition coefficient (Wildman–Crippen LogP) is 3.51. The van der Waals surface area contributed by atoms with Crippen LogP contribution in [0.4, 0.5) is 0 Å². The maximum absolute atomic E-state index is 9.21. The van der Waals surface area contributed by atoms with Gasteiger partial charge in [-0.05, 0) is 37.5 Å². The van der Waals surface area contributed by atoms with Gasteiger partial charge in [0.2, 0.25) is 0 Å². The average Bonchev–Trinajstić information content (AvgIpc) is 2.86. The van der Waals surface area contributed by atoms with Crippen LogP contribution in [0.1, 0.15) is 16.8 Å². The third-order valence-corrected chi connectivity index (χ3v) is 4.44. The van der Waals surface area contributed by atoms with E-state index in [9.17, 15) is 5.11 Å². The third-order valence-electron chi connectivity index (χ3n) is 3.49. The third kappa shape index (κ3) is 2.21. The zero-order valence-corrected chi connectivity index (χ0v) is 12.4. The Balaban J connectivity index is 2.27. The van der Waals surface area contributed by atoms with E-state index in [1.165, 1.54) is 5.56 Å². The van der Waals surface area contributed by atoms with Gasteiger partial charge in [-0.15, -0.1) is 11.3 Å². The molecule has 0 radical (unpaired) electrons. The maximum Gasteiger partial charge on any atom is 0.0831 e. The minimum absolute atomic E-state index is 0.143. The first-order valence-electron chi connectivity index (χ1n) is 6.61. The summed E-state index contributed by atoms with van der Waals surface area (Å²) in [5, 5.41) is 10.4. The van der Waals surface area contributed by atoms with Gasteiger partial charge in [-0.3, -0.25) is 0 Å². The second-order valence-corrected chi connectivity index (χ2v) is 5.73. The van der Waals surface area contributed by atoms with Crippen molar-refractivity contribution in [3.05, 3.63) is 46.6 Å². The number of fused-ring (bicyclic) bond motifs is 1. The molecule has 0 aliphatic heterocycles. The number of aromatic nitrogens is 2. The number of nitrogens with zero attached hydrogens (tertiary/aromatic N) is 2. The smallest absolute Gasteiger partial charge is 0.0831 e. The molecule has 20 heavy (non-hydrogen) atoms. The number of benzene rings is 1. The molecule has 0 fully saturated rings. The molecule has 0 saturated carbocycles. The van der Waals surface area contributed by atoms with Crippen LogP contribution < -0.4 is 0 Å². The van der Waals surface area contributed by atoms with Crippen LogP contribution in [0.3, 0.4) is 0 Å². The molecular weight excluding hydrogens is 268 g/mol. The topological polar surface area (TPSA) is 46.0 Å². The summed E-state index contributed by atoms with van der Waals surface area (Å²) in [5.74, 6) is 0. The van der Waals surface area contributed by atoms with E-state index in [2.05, 4.69) is 24.0 Å². The van der Waals surface area contributed by atoms with Crippen LogP contribution in [0.2, 0.25) is 0 Å². The normalized spacial score (nSPS) is 11.2. The summed E-state index contributed by atoms with van der Waals surface area (Å²) in [6, 6.07) is 8.27. The molecule has 3 rings (SSSR count). The first-order chi connectivity index (χ1) is 9.70. The summed E-state index contributed by atoms with van der Waals surface area (Å²) in [4.78, 5) is 10.2. The largest absolute Gasteiger partial charge is 0.396 e. The number of rotatable bonds is 3. The first kappa shape index (κ1) is 13.2. The fraction of sp³-hybridized carbons (Fsp3) is 0.250. The average molecular weight is 284 g/mol. The Morgan fingerprint density at radius 1 is 1.25 bits per heavy atom. The number of hydrogen-bond donors (Lipinski definition) is 1. The lowest BCUT2D eigenvalue weighted by Crippen LogP contribution is -1.96. The highest BCUT2D eigenvalue weighted by Gasteiger charge is 2.11. The van der Waals surface area contributed by atoms with E-state index in [-0.39, 0.29) is 6.61 Å². The van der Waals surface area contributed by atoms with Crippen LogP contribution >= 0.6 is 11.3 Å². The second-order valence-electron chi connectivity index (χ2n) is 4.88. The summed E-state index contributed by atoms with van der Waals surface area (Å²) >= 11 is 1.62. The standard InChI is InChI=1S/C16H16N2OS/c1-10-8-14(16-11(2)17-9-20-16)18-15-12(6-7-19)4-3-5-13(10)15/h3-5,8-9,19H,6-7H2,1-2H3. The van der Waals surface area contributed by atoms with Crippen molar-refractivity contribution in [2.24, 2.45) is 0 Å². The molecule has 2 aromatic heterocycles. The molecule has 4 heteroatoms. The Bertz CT molecular complexity index is 764. The van der Waals surface area contributed by atoms with Crippen LogP contribution in [-0.2, 0) is 6.42 Å². The molecule has 0 saturated heterocycles. The Kier molecular flexibility index (Phi) is 3.51. The molecule has 0 aliphatic rings. The van der Waals surface area contributed by atoms with Crippen molar-refractivity contribution in [3.63, 3.8) is 0 Å². The van der Waals surface area contributed by atoms with Crippen LogP contribution in [0.5, 0.6) is 0 Å². The molecule has 0 bridgehead atoms. The van der Waals surface area contributed by atoms with E-state index in [0.29, 0.717) is 6.42 Å². The molecular formula is C16H16N2OS. The molecule has 0 atom stereocenters. The van der Waals surface area contributed by atoms with Crippen molar-refractivity contribution >= 4 is 22.2 Å². The van der Waals surface area contributed by atoms with Crippen LogP contribution in [0.25, 0.3) is 21.5 Å². The summed E-state index contributed by atoms with van der Waals surface area (Å²) < 4.78 is 0. The van der Waals surface area contributed by atoms with E-state index < -0.39 is 0 Å². The molecule has 0 spiro atoms. The molecule has 0 aliphatic carbocycles. The summed E-state index contributed by atoms with van der Waals surface area (Å²) in [6.45, 7) is 4.25. The molecule has 0 amide bonds. The minimum atomic E-state index is 0.143. The summed E-state index contributed by atoms with van der Waals surface area (Å²) in [5.41, 5.74) is 7.13. The summed E-state index contributed by atoms with van der Waals surface area (Å²) in [7, 11) is 0. The van der Waals surface area contributed by atoms with Crippen molar-refractivity contribution in [1.82, 2.24) is 9.97 Å². The van der Waals surface area contributed by atoms with Crippen molar-refractivity contribution in [3.8, 4) is 10.6 Å². The minimum Gasteiger partial charge on any atom is -0.396 e. The van der Waals surface area contributed by atoms with Gasteiger partial charge < -0.3 is 5.11 Å². The van der Waals surface area contributed by atoms with Crippen molar-refractivity contribution < 1.29 is 5.11 Å². The van der Waals surface area contributed by atoms with E-state index in [4.69, 9.17) is 4.98 Å². The molecule has 3 aromatic rings. The number of pyridine rings is 1. The van der Waals surface area contributed by atoms with Crippen molar-refractivity contribution in [2.75, 3.05) is 6.61 Å². The molecule has 3 nitrogen and oxygen atoms in total. The Morgan fingerprint density at radius 3 is 2.80 bits per heavy atom. The van der Waals surface area contributed by atoms with Crippen molar-refractivity contribution in [1.29, 1.82) is 0 Å². The predicted molar refractivity (Wildman–Crippen MR) is 83.1 cm³/mol. The van der Waals surface area contributed by atoms with Gasteiger partial charge in [-0.25, -0.2) is 9.97 Å². The molecule has 1 N–H and O–H groups in total. The highest BCUT2D eigenvalue weighted by molar-refractivity contribution is 7.13. The highest BCUT2D eigenvalue weighted by atomic mass is 32.1. The van der Waals surface area contributed by atoms with Gasteiger partial charge in [-0.1, -0.05) is 18.2 Å². The van der Waals surface area contributed by atoms with Gasteiger partial charge in [0.25, 0.3) is 0 Å². The second kappa shape index (κ2) is 5.31. The number of aryl methyl sites for hydroxylation is 2. The Morgan fingerprint density at radius 2 is 2.10 bits per heavy atom. The van der Waals surface area contributed by atoms with E-state index in [1.807, 2.05) is 24.6 Å². The van der Waals surface area contributed by atoms with Gasteiger partial charge in [0.15, 0.2) is 0 Å². The fourth-order valence-corrected chi connectivity index (χ4v) is 3.23. The van der Waals surface area contributed by atoms with Gasteiger partial charge in [0.05, 0.1) is 27.3 Å². The number of hydrogen-bond acceptors (Lipinski definition) is 4. The van der Waals surface area contributed by atoms with Gasteiger partial charge in [0.1, 0.15) is 0 Å². The van der Waals surface area contributed by atoms with Crippen LogP contribution in [0, 0.1) is 13.8 Å². The zero-order valence-electron chi connectivity index (χ0n) is 11.6. The lowest BCUT2D eigenvalue weighted by molar-refractivity contribution is 0.300. The Hall–Kier alpha value is -1.78. The molecule has 2 heterocycles. The number of aliphatic hydroxyl groups is 1. The molecule has 0 unspecified atom stereocenters. The van der Waals surface area contributed by atoms with Crippen molar-refractivity contribution in [2.45, 2.75) is 20.3 Å². The fourth-order valence-electron chi connectivity index (χ4n) is 2.46. The number of thiazole rings is 1. The van der Waals surface area contributed by atoms with Crippen LogP contribution in [-0.4, -0.2) is 21.7 Å². The van der Waals surface area contributed by atoms with E-state index in [1.54, 1.807) is 11.3 Å². The van der Waals surface area contributed by atoms with Crippen LogP contribution in [0.15, 0.2) is 29.8 Å². The van der Waals surface area contributed by atoms with Gasteiger partial charge >= 0.3 is 0 Å². The highest BCUT2D eigenvalue weighted by Crippen LogP contribution is 2.30. The molecule has 102 valence electrons. The number of aliphatic hydroxyl groups excluding tert-OH is 1. The summed E-state index contributed by atoms with van der Waals surface area (Å²) in [6.07, 6.45) is 0.634. The molecule has 1 aromatic carbocycles. The van der Waals surface area contributed by atoms with Gasteiger partial charge in [-0.2, -0.15) is 0 Å². The SMILES string of the molecule is Cc1ncsc1-c1cc(C)c2cccc(CCO)c2n1. The lowest BCUT2D eigenvalue weighted by atomic mass is 10.0. The quantitative estimate of drug-likeness (QED) is 0.800.